The van der Waals surface area contributed by atoms with Crippen molar-refractivity contribution in [3.8, 4) is 6.07 Å². The third kappa shape index (κ3) is 2.92. The van der Waals surface area contributed by atoms with Crippen LogP contribution in [0.2, 0.25) is 0 Å². The molecule has 1 rings (SSSR count). The molecule has 1 fully saturated rings. The molecule has 0 aliphatic carbocycles. The summed E-state index contributed by atoms with van der Waals surface area (Å²) in [6.45, 7) is 1.65. The molecule has 0 spiro atoms. The Labute approximate surface area is 83.1 Å². The Bertz CT molecular complexity index is 224. The molecular weight excluding hydrogens is 184 g/mol. The summed E-state index contributed by atoms with van der Waals surface area (Å²) in [6.07, 6.45) is 4.37. The van der Waals surface area contributed by atoms with Gasteiger partial charge in [-0.2, -0.15) is 17.0 Å². The minimum Gasteiger partial charge on any atom is -0.341 e. The van der Waals surface area contributed by atoms with Crippen LogP contribution < -0.4 is 0 Å². The maximum Gasteiger partial charge on any atom is 0.236 e. The molecule has 1 saturated heterocycles. The molecule has 4 heteroatoms. The molecule has 3 nitrogen and oxygen atoms in total. The molecule has 13 heavy (non-hydrogen) atoms. The summed E-state index contributed by atoms with van der Waals surface area (Å²) in [7, 11) is 0. The van der Waals surface area contributed by atoms with Gasteiger partial charge in [0, 0.05) is 18.3 Å². The van der Waals surface area contributed by atoms with Gasteiger partial charge in [0.25, 0.3) is 0 Å². The first-order valence-electron chi connectivity index (χ1n) is 4.45. The second-order valence-electron chi connectivity index (χ2n) is 3.17. The Morgan fingerprint density at radius 1 is 1.77 bits per heavy atom. The highest BCUT2D eigenvalue weighted by molar-refractivity contribution is 7.99. The van der Waals surface area contributed by atoms with Crippen LogP contribution in [0.1, 0.15) is 19.3 Å². The molecule has 1 aliphatic heterocycles. The van der Waals surface area contributed by atoms with Crippen molar-refractivity contribution in [2.75, 3.05) is 19.3 Å². The standard InChI is InChI=1S/C9H14N2OS/c1-13-8-3-2-6-11(7-8)9(12)4-5-10/h8H,2-4,6-7H2,1H3. The maximum absolute atomic E-state index is 11.4. The zero-order valence-corrected chi connectivity index (χ0v) is 8.64. The van der Waals surface area contributed by atoms with Crippen molar-refractivity contribution in [1.82, 2.24) is 4.90 Å². The van der Waals surface area contributed by atoms with Crippen LogP contribution in [0.4, 0.5) is 0 Å². The Kier molecular flexibility index (Phi) is 4.10. The second-order valence-corrected chi connectivity index (χ2v) is 4.31. The predicted octanol–water partition coefficient (Wildman–Crippen LogP) is 1.25. The Morgan fingerprint density at radius 3 is 3.15 bits per heavy atom. The minimum absolute atomic E-state index is 0.0127. The van der Waals surface area contributed by atoms with Crippen LogP contribution in [0.3, 0.4) is 0 Å². The predicted molar refractivity (Wildman–Crippen MR) is 53.3 cm³/mol. The van der Waals surface area contributed by atoms with E-state index in [4.69, 9.17) is 5.26 Å². The van der Waals surface area contributed by atoms with Gasteiger partial charge in [0.1, 0.15) is 6.42 Å². The smallest absolute Gasteiger partial charge is 0.236 e. The van der Waals surface area contributed by atoms with E-state index in [-0.39, 0.29) is 12.3 Å². The van der Waals surface area contributed by atoms with Crippen molar-refractivity contribution in [2.45, 2.75) is 24.5 Å². The summed E-state index contributed by atoms with van der Waals surface area (Å²) >= 11 is 1.81. The van der Waals surface area contributed by atoms with Crippen molar-refractivity contribution in [3.63, 3.8) is 0 Å². The third-order valence-corrected chi connectivity index (χ3v) is 3.35. The molecule has 0 bridgehead atoms. The van der Waals surface area contributed by atoms with E-state index >= 15 is 0 Å². The second kappa shape index (κ2) is 5.13. The topological polar surface area (TPSA) is 44.1 Å². The first-order chi connectivity index (χ1) is 6.27. The van der Waals surface area contributed by atoms with E-state index in [1.165, 1.54) is 6.42 Å². The van der Waals surface area contributed by atoms with Crippen molar-refractivity contribution < 1.29 is 4.79 Å². The summed E-state index contributed by atoms with van der Waals surface area (Å²) < 4.78 is 0. The fraction of sp³-hybridized carbons (Fsp3) is 0.778. The largest absolute Gasteiger partial charge is 0.341 e. The van der Waals surface area contributed by atoms with E-state index in [2.05, 4.69) is 6.26 Å². The Morgan fingerprint density at radius 2 is 2.54 bits per heavy atom. The molecule has 1 amide bonds. The highest BCUT2D eigenvalue weighted by atomic mass is 32.2. The number of carbonyl (C=O) groups excluding carboxylic acids is 1. The zero-order chi connectivity index (χ0) is 9.68. The first kappa shape index (κ1) is 10.4. The van der Waals surface area contributed by atoms with E-state index in [1.54, 1.807) is 0 Å². The average molecular weight is 198 g/mol. The summed E-state index contributed by atoms with van der Waals surface area (Å²) in [4.78, 5) is 13.2. The van der Waals surface area contributed by atoms with Crippen LogP contribution in [0.25, 0.3) is 0 Å². The van der Waals surface area contributed by atoms with E-state index < -0.39 is 0 Å². The molecule has 1 aliphatic rings. The SMILES string of the molecule is CSC1CCCN(C(=O)CC#N)C1. The molecule has 1 unspecified atom stereocenters. The molecule has 0 aromatic carbocycles. The fourth-order valence-electron chi connectivity index (χ4n) is 1.54. The summed E-state index contributed by atoms with van der Waals surface area (Å²) in [5.41, 5.74) is 0. The van der Waals surface area contributed by atoms with Crippen LogP contribution >= 0.6 is 11.8 Å². The van der Waals surface area contributed by atoms with Gasteiger partial charge in [-0.15, -0.1) is 0 Å². The molecule has 0 N–H and O–H groups in total. The van der Waals surface area contributed by atoms with Crippen LogP contribution in [-0.4, -0.2) is 35.4 Å². The normalized spacial score (nSPS) is 22.5. The number of carbonyl (C=O) groups is 1. The molecule has 72 valence electrons. The number of nitrogens with zero attached hydrogens (tertiary/aromatic N) is 2. The van der Waals surface area contributed by atoms with E-state index in [0.29, 0.717) is 5.25 Å². The summed E-state index contributed by atoms with van der Waals surface area (Å²) in [5.74, 6) is -0.0127. The zero-order valence-electron chi connectivity index (χ0n) is 7.82. The van der Waals surface area contributed by atoms with Crippen LogP contribution in [0.15, 0.2) is 0 Å². The Hall–Kier alpha value is -0.690. The lowest BCUT2D eigenvalue weighted by Crippen LogP contribution is -2.40. The number of thioether (sulfide) groups is 1. The molecule has 0 aromatic heterocycles. The van der Waals surface area contributed by atoms with E-state index in [0.717, 1.165) is 19.5 Å². The highest BCUT2D eigenvalue weighted by Gasteiger charge is 2.22. The number of amides is 1. The summed E-state index contributed by atoms with van der Waals surface area (Å²) in [5, 5.41) is 8.95. The highest BCUT2D eigenvalue weighted by Crippen LogP contribution is 2.20. The van der Waals surface area contributed by atoms with Gasteiger partial charge in [-0.1, -0.05) is 0 Å². The molecule has 0 radical (unpaired) electrons. The lowest BCUT2D eigenvalue weighted by Gasteiger charge is -2.31. The molecule has 1 atom stereocenters. The van der Waals surface area contributed by atoms with Gasteiger partial charge >= 0.3 is 0 Å². The third-order valence-electron chi connectivity index (χ3n) is 2.29. The van der Waals surface area contributed by atoms with Gasteiger partial charge in [-0.3, -0.25) is 4.79 Å². The van der Waals surface area contributed by atoms with Gasteiger partial charge in [0.2, 0.25) is 5.91 Å². The number of hydrogen-bond acceptors (Lipinski definition) is 3. The molecule has 1 heterocycles. The van der Waals surface area contributed by atoms with Gasteiger partial charge in [0.15, 0.2) is 0 Å². The van der Waals surface area contributed by atoms with Crippen LogP contribution in [0.5, 0.6) is 0 Å². The van der Waals surface area contributed by atoms with Gasteiger partial charge < -0.3 is 4.90 Å². The number of rotatable bonds is 2. The van der Waals surface area contributed by atoms with Crippen molar-refractivity contribution in [2.24, 2.45) is 0 Å². The van der Waals surface area contributed by atoms with Gasteiger partial charge in [0.05, 0.1) is 6.07 Å². The van der Waals surface area contributed by atoms with Crippen molar-refractivity contribution >= 4 is 17.7 Å². The molecular formula is C9H14N2OS. The maximum atomic E-state index is 11.4. The molecule has 0 aromatic rings. The lowest BCUT2D eigenvalue weighted by atomic mass is 10.1. The van der Waals surface area contributed by atoms with Crippen molar-refractivity contribution in [3.05, 3.63) is 0 Å². The van der Waals surface area contributed by atoms with Gasteiger partial charge in [-0.05, 0) is 19.1 Å². The Balaban J connectivity index is 2.42. The van der Waals surface area contributed by atoms with Crippen LogP contribution in [0, 0.1) is 11.3 Å². The first-order valence-corrected chi connectivity index (χ1v) is 5.74. The average Bonchev–Trinajstić information content (AvgIpc) is 2.18. The lowest BCUT2D eigenvalue weighted by molar-refractivity contribution is -0.130. The fourth-order valence-corrected chi connectivity index (χ4v) is 2.27. The monoisotopic (exact) mass is 198 g/mol. The van der Waals surface area contributed by atoms with Crippen molar-refractivity contribution in [1.29, 1.82) is 5.26 Å². The van der Waals surface area contributed by atoms with E-state index in [1.807, 2.05) is 22.7 Å². The number of likely N-dealkylation sites (tertiary alicyclic amines) is 1. The van der Waals surface area contributed by atoms with E-state index in [9.17, 15) is 4.79 Å². The quantitative estimate of drug-likeness (QED) is 0.671. The summed E-state index contributed by atoms with van der Waals surface area (Å²) in [6, 6.07) is 1.90. The van der Waals surface area contributed by atoms with Gasteiger partial charge in [-0.25, -0.2) is 0 Å². The van der Waals surface area contributed by atoms with Crippen LogP contribution in [-0.2, 0) is 4.79 Å². The number of nitriles is 1. The molecule has 0 saturated carbocycles. The number of piperidine rings is 1. The minimum atomic E-state index is -0.0127. The number of hydrogen-bond donors (Lipinski definition) is 0.